The van der Waals surface area contributed by atoms with Gasteiger partial charge in [-0.2, -0.15) is 0 Å². The second-order valence-electron chi connectivity index (χ2n) is 5.93. The summed E-state index contributed by atoms with van der Waals surface area (Å²) in [7, 11) is 0. The predicted octanol–water partition coefficient (Wildman–Crippen LogP) is 2.61. The minimum Gasteiger partial charge on any atom is -0.370 e. The molecular weight excluding hydrogens is 288 g/mol. The first-order valence-electron chi connectivity index (χ1n) is 7.39. The van der Waals surface area contributed by atoms with Crippen LogP contribution in [-0.4, -0.2) is 36.5 Å². The molecule has 1 fully saturated rings. The van der Waals surface area contributed by atoms with Crippen molar-refractivity contribution in [1.82, 2.24) is 4.90 Å². The Bertz CT molecular complexity index is 476. The van der Waals surface area contributed by atoms with E-state index in [1.807, 2.05) is 29.2 Å². The fourth-order valence-electron chi connectivity index (χ4n) is 2.57. The van der Waals surface area contributed by atoms with Crippen molar-refractivity contribution in [2.24, 2.45) is 11.7 Å². The fraction of sp³-hybridized carbons (Fsp3) is 0.562. The molecule has 0 bridgehead atoms. The van der Waals surface area contributed by atoms with Crippen LogP contribution in [0.25, 0.3) is 0 Å². The number of morpholine rings is 1. The van der Waals surface area contributed by atoms with Crippen LogP contribution in [0.3, 0.4) is 0 Å². The molecule has 1 aliphatic heterocycles. The average Bonchev–Trinajstić information content (AvgIpc) is 2.46. The van der Waals surface area contributed by atoms with Crippen molar-refractivity contribution in [3.05, 3.63) is 34.9 Å². The van der Waals surface area contributed by atoms with E-state index in [9.17, 15) is 4.79 Å². The largest absolute Gasteiger partial charge is 0.370 e. The monoisotopic (exact) mass is 310 g/mol. The molecule has 0 saturated carbocycles. The van der Waals surface area contributed by atoms with Gasteiger partial charge in [0, 0.05) is 11.6 Å². The smallest absolute Gasteiger partial charge is 0.239 e. The lowest BCUT2D eigenvalue weighted by Gasteiger charge is -2.34. The summed E-state index contributed by atoms with van der Waals surface area (Å²) in [5.74, 6) is 0.433. The average molecular weight is 311 g/mol. The Labute approximate surface area is 131 Å². The highest BCUT2D eigenvalue weighted by Gasteiger charge is 2.28. The number of carbonyl (C=O) groups is 1. The van der Waals surface area contributed by atoms with E-state index in [0.29, 0.717) is 37.1 Å². The Hall–Kier alpha value is -1.10. The summed E-state index contributed by atoms with van der Waals surface area (Å²) in [6, 6.07) is 7.13. The van der Waals surface area contributed by atoms with Crippen LogP contribution >= 0.6 is 11.6 Å². The number of nitrogens with zero attached hydrogens (tertiary/aromatic N) is 1. The van der Waals surface area contributed by atoms with Crippen LogP contribution in [0.1, 0.15) is 31.9 Å². The summed E-state index contributed by atoms with van der Waals surface area (Å²) in [4.78, 5) is 14.2. The Morgan fingerprint density at radius 3 is 2.71 bits per heavy atom. The van der Waals surface area contributed by atoms with Gasteiger partial charge in [0.15, 0.2) is 0 Å². The van der Waals surface area contributed by atoms with Crippen molar-refractivity contribution in [2.45, 2.75) is 32.4 Å². The van der Waals surface area contributed by atoms with Crippen molar-refractivity contribution < 1.29 is 9.53 Å². The van der Waals surface area contributed by atoms with Gasteiger partial charge in [-0.3, -0.25) is 4.79 Å². The second-order valence-corrected chi connectivity index (χ2v) is 6.37. The number of ether oxygens (including phenoxy) is 1. The first-order valence-corrected chi connectivity index (χ1v) is 7.76. The molecule has 0 aromatic heterocycles. The van der Waals surface area contributed by atoms with Crippen LogP contribution in [-0.2, 0) is 9.53 Å². The molecule has 5 heteroatoms. The van der Waals surface area contributed by atoms with Crippen molar-refractivity contribution in [3.63, 3.8) is 0 Å². The summed E-state index contributed by atoms with van der Waals surface area (Å²) in [6.07, 6.45) is 0.605. The highest BCUT2D eigenvalue weighted by atomic mass is 35.5. The van der Waals surface area contributed by atoms with Gasteiger partial charge in [0.05, 0.1) is 19.2 Å². The molecule has 1 heterocycles. The third-order valence-electron chi connectivity index (χ3n) is 3.66. The molecule has 0 spiro atoms. The number of carbonyl (C=O) groups excluding carboxylic acids is 1. The lowest BCUT2D eigenvalue weighted by molar-refractivity contribution is -0.140. The Morgan fingerprint density at radius 1 is 1.43 bits per heavy atom. The maximum atomic E-state index is 12.4. The third kappa shape index (κ3) is 4.43. The van der Waals surface area contributed by atoms with Crippen LogP contribution in [0.5, 0.6) is 0 Å². The molecule has 1 aromatic rings. The van der Waals surface area contributed by atoms with Crippen LogP contribution in [0.2, 0.25) is 5.02 Å². The molecule has 2 atom stereocenters. The van der Waals surface area contributed by atoms with Gasteiger partial charge in [0.2, 0.25) is 5.91 Å². The molecule has 4 nitrogen and oxygen atoms in total. The van der Waals surface area contributed by atoms with Crippen LogP contribution in [0.15, 0.2) is 24.3 Å². The number of rotatable bonds is 4. The van der Waals surface area contributed by atoms with Gasteiger partial charge in [-0.05, 0) is 30.0 Å². The number of hydrogen-bond donors (Lipinski definition) is 1. The van der Waals surface area contributed by atoms with E-state index in [1.165, 1.54) is 0 Å². The first kappa shape index (κ1) is 16.3. The quantitative estimate of drug-likeness (QED) is 0.930. The van der Waals surface area contributed by atoms with Gasteiger partial charge >= 0.3 is 0 Å². The Balaban J connectivity index is 2.00. The molecule has 21 heavy (non-hydrogen) atoms. The molecule has 1 amide bonds. The van der Waals surface area contributed by atoms with Gasteiger partial charge in [-0.1, -0.05) is 37.6 Å². The zero-order valence-electron chi connectivity index (χ0n) is 12.6. The van der Waals surface area contributed by atoms with Crippen molar-refractivity contribution in [2.75, 3.05) is 19.7 Å². The van der Waals surface area contributed by atoms with Gasteiger partial charge in [0.25, 0.3) is 0 Å². The zero-order valence-corrected chi connectivity index (χ0v) is 13.3. The molecule has 2 rings (SSSR count). The van der Waals surface area contributed by atoms with Crippen molar-refractivity contribution >= 4 is 17.5 Å². The highest BCUT2D eigenvalue weighted by Crippen LogP contribution is 2.24. The minimum atomic E-state index is -0.422. The number of hydrogen-bond acceptors (Lipinski definition) is 3. The van der Waals surface area contributed by atoms with E-state index in [4.69, 9.17) is 22.1 Å². The van der Waals surface area contributed by atoms with Crippen LogP contribution in [0.4, 0.5) is 0 Å². The maximum absolute atomic E-state index is 12.4. The standard InChI is InChI=1S/C16H23ClN2O2/c1-11(2)9-14(18)16(20)19-7-8-21-15(10-19)12-3-5-13(17)6-4-12/h3-6,11,14-15H,7-10,18H2,1-2H3/t14-,15?/m0/s1. The SMILES string of the molecule is CC(C)C[C@H](N)C(=O)N1CCOC(c2ccc(Cl)cc2)C1. The van der Waals surface area contributed by atoms with Crippen molar-refractivity contribution in [3.8, 4) is 0 Å². The molecule has 0 radical (unpaired) electrons. The van der Waals surface area contributed by atoms with E-state index in [0.717, 1.165) is 5.56 Å². The topological polar surface area (TPSA) is 55.6 Å². The number of benzene rings is 1. The minimum absolute atomic E-state index is 0.0194. The summed E-state index contributed by atoms with van der Waals surface area (Å²) in [5.41, 5.74) is 7.04. The predicted molar refractivity (Wildman–Crippen MR) is 84.2 cm³/mol. The fourth-order valence-corrected chi connectivity index (χ4v) is 2.70. The van der Waals surface area contributed by atoms with E-state index in [2.05, 4.69) is 13.8 Å². The number of halogens is 1. The normalized spacial score (nSPS) is 20.6. The molecule has 116 valence electrons. The van der Waals surface area contributed by atoms with Crippen molar-refractivity contribution in [1.29, 1.82) is 0 Å². The number of nitrogens with two attached hydrogens (primary N) is 1. The van der Waals surface area contributed by atoms with E-state index < -0.39 is 6.04 Å². The molecule has 1 aromatic carbocycles. The van der Waals surface area contributed by atoms with Crippen LogP contribution in [0, 0.1) is 5.92 Å². The summed E-state index contributed by atoms with van der Waals surface area (Å²) < 4.78 is 5.77. The lowest BCUT2D eigenvalue weighted by atomic mass is 10.0. The Morgan fingerprint density at radius 2 is 2.10 bits per heavy atom. The maximum Gasteiger partial charge on any atom is 0.239 e. The van der Waals surface area contributed by atoms with Gasteiger partial charge in [-0.25, -0.2) is 0 Å². The molecule has 1 saturated heterocycles. The van der Waals surface area contributed by atoms with E-state index in [1.54, 1.807) is 0 Å². The molecule has 1 aliphatic rings. The molecule has 1 unspecified atom stereocenters. The summed E-state index contributed by atoms with van der Waals surface area (Å²) >= 11 is 5.90. The Kier molecular flexibility index (Phi) is 5.62. The van der Waals surface area contributed by atoms with Gasteiger partial charge < -0.3 is 15.4 Å². The molecular formula is C16H23ClN2O2. The third-order valence-corrected chi connectivity index (χ3v) is 3.91. The van der Waals surface area contributed by atoms with Gasteiger partial charge in [-0.15, -0.1) is 0 Å². The van der Waals surface area contributed by atoms with Gasteiger partial charge in [0.1, 0.15) is 6.10 Å². The summed E-state index contributed by atoms with van der Waals surface area (Å²) in [6.45, 7) is 5.83. The molecule has 2 N–H and O–H groups in total. The number of amides is 1. The second kappa shape index (κ2) is 7.25. The van der Waals surface area contributed by atoms with Crippen LogP contribution < -0.4 is 5.73 Å². The summed E-state index contributed by atoms with van der Waals surface area (Å²) in [5, 5.41) is 0.696. The zero-order chi connectivity index (χ0) is 15.4. The molecule has 0 aliphatic carbocycles. The first-order chi connectivity index (χ1) is 9.97. The van der Waals surface area contributed by atoms with E-state index in [-0.39, 0.29) is 12.0 Å². The highest BCUT2D eigenvalue weighted by molar-refractivity contribution is 6.30. The lowest BCUT2D eigenvalue weighted by Crippen LogP contribution is -2.49. The van der Waals surface area contributed by atoms with E-state index >= 15 is 0 Å².